The molecule has 0 saturated carbocycles. The number of halogens is 1. The lowest BCUT2D eigenvalue weighted by molar-refractivity contribution is 0.213. The van der Waals surface area contributed by atoms with E-state index in [1.54, 1.807) is 12.4 Å². The largest absolute Gasteiger partial charge is 0.395 e. The van der Waals surface area contributed by atoms with Gasteiger partial charge in [-0.1, -0.05) is 0 Å². The fourth-order valence-electron chi connectivity index (χ4n) is 2.82. The Morgan fingerprint density at radius 2 is 2.22 bits per heavy atom. The van der Waals surface area contributed by atoms with Gasteiger partial charge in [0.05, 0.1) is 17.7 Å². The summed E-state index contributed by atoms with van der Waals surface area (Å²) in [4.78, 5) is -0.108. The number of aliphatic hydroxyl groups excluding tert-OH is 1. The third kappa shape index (κ3) is 2.89. The standard InChI is InChI=1S/C15H18FN3O3S/c1-11-8-17-18(9-11)15-5-4-13(7-14(15)16)23(21,22)19-6-2-3-12(19)10-20/h4-5,7-9,12,20H,2-3,6,10H2,1H3/t12-/m1/s1. The van der Waals surface area contributed by atoms with E-state index >= 15 is 0 Å². The molecule has 1 atom stereocenters. The fourth-order valence-corrected chi connectivity index (χ4v) is 4.52. The van der Waals surface area contributed by atoms with Gasteiger partial charge in [0.2, 0.25) is 10.0 Å². The monoisotopic (exact) mass is 339 g/mol. The second-order valence-corrected chi connectivity index (χ2v) is 7.56. The molecule has 1 fully saturated rings. The van der Waals surface area contributed by atoms with Gasteiger partial charge in [-0.2, -0.15) is 9.40 Å². The predicted molar refractivity (Wildman–Crippen MR) is 82.3 cm³/mol. The van der Waals surface area contributed by atoms with Gasteiger partial charge in [-0.05, 0) is 43.5 Å². The van der Waals surface area contributed by atoms with Crippen LogP contribution >= 0.6 is 0 Å². The summed E-state index contributed by atoms with van der Waals surface area (Å²) in [6.45, 7) is 1.95. The molecule has 1 saturated heterocycles. The second kappa shape index (κ2) is 6.03. The predicted octanol–water partition coefficient (Wildman–Crippen LogP) is 1.47. The molecule has 0 unspecified atom stereocenters. The molecule has 23 heavy (non-hydrogen) atoms. The third-order valence-corrected chi connectivity index (χ3v) is 5.97. The van der Waals surface area contributed by atoms with Crippen LogP contribution in [0.1, 0.15) is 18.4 Å². The molecule has 1 aliphatic rings. The number of aromatic nitrogens is 2. The Kier molecular flexibility index (Phi) is 4.22. The molecule has 8 heteroatoms. The molecule has 0 bridgehead atoms. The first kappa shape index (κ1) is 16.1. The fraction of sp³-hybridized carbons (Fsp3) is 0.400. The molecule has 6 nitrogen and oxygen atoms in total. The summed E-state index contributed by atoms with van der Waals surface area (Å²) in [6, 6.07) is 3.35. The first-order valence-corrected chi connectivity index (χ1v) is 8.81. The Morgan fingerprint density at radius 3 is 2.83 bits per heavy atom. The molecule has 1 aliphatic heterocycles. The highest BCUT2D eigenvalue weighted by Gasteiger charge is 2.35. The molecule has 0 aliphatic carbocycles. The number of hydrogen-bond acceptors (Lipinski definition) is 4. The van der Waals surface area contributed by atoms with Crippen molar-refractivity contribution < 1.29 is 17.9 Å². The van der Waals surface area contributed by atoms with Crippen LogP contribution in [0.5, 0.6) is 0 Å². The topological polar surface area (TPSA) is 75.4 Å². The zero-order valence-electron chi connectivity index (χ0n) is 12.7. The van der Waals surface area contributed by atoms with E-state index in [9.17, 15) is 17.9 Å². The maximum Gasteiger partial charge on any atom is 0.243 e. The molecule has 0 amide bonds. The van der Waals surface area contributed by atoms with Crippen LogP contribution in [0.2, 0.25) is 0 Å². The van der Waals surface area contributed by atoms with Crippen LogP contribution in [0.25, 0.3) is 5.69 Å². The Balaban J connectivity index is 1.96. The van der Waals surface area contributed by atoms with Crippen LogP contribution in [0.15, 0.2) is 35.5 Å². The minimum atomic E-state index is -3.81. The van der Waals surface area contributed by atoms with Gasteiger partial charge in [-0.25, -0.2) is 17.5 Å². The van der Waals surface area contributed by atoms with Gasteiger partial charge in [-0.15, -0.1) is 0 Å². The van der Waals surface area contributed by atoms with Crippen molar-refractivity contribution in [3.63, 3.8) is 0 Å². The molecular weight excluding hydrogens is 321 g/mol. The van der Waals surface area contributed by atoms with E-state index in [0.717, 1.165) is 11.6 Å². The minimum absolute atomic E-state index is 0.108. The first-order valence-electron chi connectivity index (χ1n) is 7.37. The summed E-state index contributed by atoms with van der Waals surface area (Å²) in [5, 5.41) is 13.3. The molecule has 1 aromatic heterocycles. The van der Waals surface area contributed by atoms with E-state index in [-0.39, 0.29) is 17.2 Å². The number of hydrogen-bond donors (Lipinski definition) is 1. The molecule has 2 heterocycles. The molecular formula is C15H18FN3O3S. The van der Waals surface area contributed by atoms with Crippen molar-refractivity contribution in [2.24, 2.45) is 0 Å². The maximum atomic E-state index is 14.3. The lowest BCUT2D eigenvalue weighted by atomic mass is 10.2. The van der Waals surface area contributed by atoms with Crippen molar-refractivity contribution in [2.75, 3.05) is 13.2 Å². The van der Waals surface area contributed by atoms with E-state index < -0.39 is 21.9 Å². The lowest BCUT2D eigenvalue weighted by Crippen LogP contribution is -2.37. The number of nitrogens with zero attached hydrogens (tertiary/aromatic N) is 3. The maximum absolute atomic E-state index is 14.3. The van der Waals surface area contributed by atoms with Gasteiger partial charge in [0.25, 0.3) is 0 Å². The molecule has 124 valence electrons. The first-order chi connectivity index (χ1) is 10.9. The van der Waals surface area contributed by atoms with Crippen molar-refractivity contribution in [2.45, 2.75) is 30.7 Å². The van der Waals surface area contributed by atoms with E-state index in [2.05, 4.69) is 5.10 Å². The normalized spacial score (nSPS) is 19.3. The summed E-state index contributed by atoms with van der Waals surface area (Å²) < 4.78 is 42.2. The lowest BCUT2D eigenvalue weighted by Gasteiger charge is -2.22. The molecule has 3 rings (SSSR count). The average molecular weight is 339 g/mol. The average Bonchev–Trinajstić information content (AvgIpc) is 3.15. The van der Waals surface area contributed by atoms with Crippen molar-refractivity contribution in [3.05, 3.63) is 42.0 Å². The van der Waals surface area contributed by atoms with Crippen LogP contribution < -0.4 is 0 Å². The minimum Gasteiger partial charge on any atom is -0.395 e. The summed E-state index contributed by atoms with van der Waals surface area (Å²) in [7, 11) is -3.81. The number of rotatable bonds is 4. The highest BCUT2D eigenvalue weighted by Crippen LogP contribution is 2.27. The molecule has 0 radical (unpaired) electrons. The Hall–Kier alpha value is -1.77. The summed E-state index contributed by atoms with van der Waals surface area (Å²) in [5.74, 6) is -0.658. The van der Waals surface area contributed by atoms with Gasteiger partial charge in [0.15, 0.2) is 0 Å². The van der Waals surface area contributed by atoms with E-state index in [1.165, 1.54) is 21.1 Å². The van der Waals surface area contributed by atoms with Crippen molar-refractivity contribution in [1.29, 1.82) is 0 Å². The zero-order valence-corrected chi connectivity index (χ0v) is 13.5. The molecule has 0 spiro atoms. The van der Waals surface area contributed by atoms with Crippen LogP contribution in [-0.2, 0) is 10.0 Å². The number of benzene rings is 1. The summed E-state index contributed by atoms with van der Waals surface area (Å²) in [6.07, 6.45) is 4.56. The van der Waals surface area contributed by atoms with Crippen LogP contribution in [0.4, 0.5) is 4.39 Å². The quantitative estimate of drug-likeness (QED) is 0.915. The van der Waals surface area contributed by atoms with Gasteiger partial charge < -0.3 is 5.11 Å². The van der Waals surface area contributed by atoms with Gasteiger partial charge >= 0.3 is 0 Å². The van der Waals surface area contributed by atoms with E-state index in [1.807, 2.05) is 6.92 Å². The molecule has 1 N–H and O–H groups in total. The smallest absolute Gasteiger partial charge is 0.243 e. The van der Waals surface area contributed by atoms with E-state index in [0.29, 0.717) is 19.4 Å². The molecule has 2 aromatic rings. The molecule has 1 aromatic carbocycles. The van der Waals surface area contributed by atoms with Crippen LogP contribution in [0.3, 0.4) is 0 Å². The van der Waals surface area contributed by atoms with Crippen molar-refractivity contribution in [3.8, 4) is 5.69 Å². The number of sulfonamides is 1. The van der Waals surface area contributed by atoms with Crippen molar-refractivity contribution in [1.82, 2.24) is 14.1 Å². The van der Waals surface area contributed by atoms with Crippen LogP contribution in [0, 0.1) is 12.7 Å². The Bertz CT molecular complexity index is 819. The van der Waals surface area contributed by atoms with Gasteiger partial charge in [0.1, 0.15) is 11.5 Å². The second-order valence-electron chi connectivity index (χ2n) is 5.67. The third-order valence-electron chi connectivity index (χ3n) is 4.02. The number of aliphatic hydroxyl groups is 1. The Morgan fingerprint density at radius 1 is 1.43 bits per heavy atom. The van der Waals surface area contributed by atoms with Gasteiger partial charge in [-0.3, -0.25) is 0 Å². The van der Waals surface area contributed by atoms with E-state index in [4.69, 9.17) is 0 Å². The van der Waals surface area contributed by atoms with Crippen LogP contribution in [-0.4, -0.2) is 46.8 Å². The van der Waals surface area contributed by atoms with Crippen molar-refractivity contribution >= 4 is 10.0 Å². The Labute approximate surface area is 134 Å². The summed E-state index contributed by atoms with van der Waals surface area (Å²) >= 11 is 0. The zero-order chi connectivity index (χ0) is 16.6. The number of aryl methyl sites for hydroxylation is 1. The highest BCUT2D eigenvalue weighted by atomic mass is 32.2. The van der Waals surface area contributed by atoms with Gasteiger partial charge in [0, 0.05) is 18.8 Å². The highest BCUT2D eigenvalue weighted by molar-refractivity contribution is 7.89. The summed E-state index contributed by atoms with van der Waals surface area (Å²) in [5.41, 5.74) is 1.07. The SMILES string of the molecule is Cc1cnn(-c2ccc(S(=O)(=O)N3CCC[C@@H]3CO)cc2F)c1.